The molecule has 1 aromatic heterocycles. The molecular formula is C21H21N3O3. The molecule has 138 valence electrons. The van der Waals surface area contributed by atoms with Gasteiger partial charge in [-0.15, -0.1) is 0 Å². The Morgan fingerprint density at radius 2 is 1.78 bits per heavy atom. The van der Waals surface area contributed by atoms with E-state index in [2.05, 4.69) is 15.6 Å². The number of benzene rings is 2. The first-order chi connectivity index (χ1) is 13.1. The fourth-order valence-electron chi connectivity index (χ4n) is 2.60. The predicted octanol–water partition coefficient (Wildman–Crippen LogP) is 4.40. The first-order valence-electron chi connectivity index (χ1n) is 8.43. The average Bonchev–Trinajstić information content (AvgIpc) is 2.70. The minimum atomic E-state index is -0.202. The van der Waals surface area contributed by atoms with E-state index in [0.717, 1.165) is 11.3 Å². The van der Waals surface area contributed by atoms with E-state index in [9.17, 15) is 4.79 Å². The third-order valence-electron chi connectivity index (χ3n) is 4.08. The van der Waals surface area contributed by atoms with Crippen LogP contribution in [0.1, 0.15) is 15.9 Å². The zero-order chi connectivity index (χ0) is 19.2. The fraction of sp³-hybridized carbons (Fsp3) is 0.143. The van der Waals surface area contributed by atoms with Gasteiger partial charge in [0.05, 0.1) is 19.9 Å². The third kappa shape index (κ3) is 4.36. The maximum atomic E-state index is 12.6. The van der Waals surface area contributed by atoms with Gasteiger partial charge in [0.1, 0.15) is 17.3 Å². The Labute approximate surface area is 158 Å². The molecule has 0 unspecified atom stereocenters. The minimum Gasteiger partial charge on any atom is -0.497 e. The number of nitrogens with zero attached hydrogens (tertiary/aromatic N) is 1. The number of carbonyl (C=O) groups excluding carboxylic acids is 1. The molecule has 27 heavy (non-hydrogen) atoms. The quantitative estimate of drug-likeness (QED) is 0.679. The summed E-state index contributed by atoms with van der Waals surface area (Å²) < 4.78 is 10.6. The van der Waals surface area contributed by atoms with Crippen LogP contribution >= 0.6 is 0 Å². The summed E-state index contributed by atoms with van der Waals surface area (Å²) in [6.07, 6.45) is 1.59. The second kappa shape index (κ2) is 8.23. The number of amides is 1. The highest BCUT2D eigenvalue weighted by Gasteiger charge is 2.11. The maximum absolute atomic E-state index is 12.6. The van der Waals surface area contributed by atoms with Gasteiger partial charge in [0.15, 0.2) is 0 Å². The number of pyridine rings is 1. The number of aromatic nitrogens is 1. The van der Waals surface area contributed by atoms with E-state index in [1.807, 2.05) is 37.3 Å². The fourth-order valence-corrected chi connectivity index (χ4v) is 2.60. The van der Waals surface area contributed by atoms with Crippen LogP contribution in [0, 0.1) is 6.92 Å². The van der Waals surface area contributed by atoms with E-state index in [1.165, 1.54) is 0 Å². The lowest BCUT2D eigenvalue weighted by atomic mass is 10.2. The molecule has 0 saturated heterocycles. The van der Waals surface area contributed by atoms with Gasteiger partial charge in [-0.25, -0.2) is 4.98 Å². The van der Waals surface area contributed by atoms with Crippen LogP contribution in [0.25, 0.3) is 0 Å². The molecule has 1 heterocycles. The van der Waals surface area contributed by atoms with Gasteiger partial charge in [-0.1, -0.05) is 18.2 Å². The van der Waals surface area contributed by atoms with Crippen molar-refractivity contribution in [2.45, 2.75) is 6.92 Å². The molecule has 0 bridgehead atoms. The first-order valence-corrected chi connectivity index (χ1v) is 8.43. The number of carbonyl (C=O) groups is 1. The number of aryl methyl sites for hydroxylation is 1. The molecule has 3 aromatic rings. The zero-order valence-corrected chi connectivity index (χ0v) is 15.4. The van der Waals surface area contributed by atoms with Crippen molar-refractivity contribution in [2.75, 3.05) is 24.9 Å². The SMILES string of the molecule is COc1ccc(OC)c(Nc2cc(C(=O)Nc3ccccc3C)ccn2)c1. The molecule has 0 aliphatic carbocycles. The highest BCUT2D eigenvalue weighted by Crippen LogP contribution is 2.31. The van der Waals surface area contributed by atoms with Gasteiger partial charge in [0.2, 0.25) is 0 Å². The number of anilines is 3. The van der Waals surface area contributed by atoms with Crippen molar-refractivity contribution in [3.63, 3.8) is 0 Å². The molecule has 0 spiro atoms. The molecule has 2 N–H and O–H groups in total. The van der Waals surface area contributed by atoms with Crippen LogP contribution < -0.4 is 20.1 Å². The Bertz CT molecular complexity index is 957. The summed E-state index contributed by atoms with van der Waals surface area (Å²) in [5.74, 6) is 1.66. The van der Waals surface area contributed by atoms with Crippen LogP contribution in [0.2, 0.25) is 0 Å². The van der Waals surface area contributed by atoms with Crippen LogP contribution in [-0.4, -0.2) is 25.1 Å². The predicted molar refractivity (Wildman–Crippen MR) is 106 cm³/mol. The second-order valence-corrected chi connectivity index (χ2v) is 5.89. The van der Waals surface area contributed by atoms with Gasteiger partial charge in [-0.05, 0) is 42.8 Å². The summed E-state index contributed by atoms with van der Waals surface area (Å²) in [6, 6.07) is 16.4. The number of methoxy groups -OCH3 is 2. The molecule has 6 nitrogen and oxygen atoms in total. The molecule has 0 saturated carbocycles. The largest absolute Gasteiger partial charge is 0.497 e. The van der Waals surface area contributed by atoms with Crippen molar-refractivity contribution >= 4 is 23.1 Å². The third-order valence-corrected chi connectivity index (χ3v) is 4.08. The molecule has 6 heteroatoms. The van der Waals surface area contributed by atoms with Crippen molar-refractivity contribution in [3.05, 3.63) is 71.9 Å². The number of hydrogen-bond acceptors (Lipinski definition) is 5. The average molecular weight is 363 g/mol. The highest BCUT2D eigenvalue weighted by atomic mass is 16.5. The van der Waals surface area contributed by atoms with Crippen LogP contribution in [-0.2, 0) is 0 Å². The molecule has 0 radical (unpaired) electrons. The van der Waals surface area contributed by atoms with Crippen LogP contribution in [0.4, 0.5) is 17.2 Å². The number of ether oxygens (including phenoxy) is 2. The second-order valence-electron chi connectivity index (χ2n) is 5.89. The summed E-state index contributed by atoms with van der Waals surface area (Å²) in [4.78, 5) is 16.9. The molecule has 0 atom stereocenters. The van der Waals surface area contributed by atoms with Crippen molar-refractivity contribution in [3.8, 4) is 11.5 Å². The van der Waals surface area contributed by atoms with E-state index in [4.69, 9.17) is 9.47 Å². The van der Waals surface area contributed by atoms with E-state index >= 15 is 0 Å². The van der Waals surface area contributed by atoms with Crippen molar-refractivity contribution in [1.82, 2.24) is 4.98 Å². The standard InChI is InChI=1S/C21H21N3O3/c1-14-6-4-5-7-17(14)24-21(25)15-10-11-22-20(12-15)23-18-13-16(26-2)8-9-19(18)27-3/h4-13H,1-3H3,(H,22,23)(H,24,25). The Balaban J connectivity index is 1.82. The number of nitrogens with one attached hydrogen (secondary N) is 2. The Morgan fingerprint density at radius 1 is 0.963 bits per heavy atom. The minimum absolute atomic E-state index is 0.202. The van der Waals surface area contributed by atoms with Crippen LogP contribution in [0.5, 0.6) is 11.5 Å². The van der Waals surface area contributed by atoms with Crippen LogP contribution in [0.3, 0.4) is 0 Å². The lowest BCUT2D eigenvalue weighted by Crippen LogP contribution is -2.13. The topological polar surface area (TPSA) is 72.5 Å². The van der Waals surface area contributed by atoms with Crippen molar-refractivity contribution < 1.29 is 14.3 Å². The Morgan fingerprint density at radius 3 is 2.52 bits per heavy atom. The maximum Gasteiger partial charge on any atom is 0.255 e. The highest BCUT2D eigenvalue weighted by molar-refractivity contribution is 6.05. The van der Waals surface area contributed by atoms with E-state index in [0.29, 0.717) is 28.6 Å². The molecule has 0 aliphatic rings. The number of rotatable bonds is 6. The summed E-state index contributed by atoms with van der Waals surface area (Å²) in [7, 11) is 3.19. The van der Waals surface area contributed by atoms with Gasteiger partial charge >= 0.3 is 0 Å². The lowest BCUT2D eigenvalue weighted by molar-refractivity contribution is 0.102. The van der Waals surface area contributed by atoms with Crippen molar-refractivity contribution in [1.29, 1.82) is 0 Å². The van der Waals surface area contributed by atoms with E-state index < -0.39 is 0 Å². The normalized spacial score (nSPS) is 10.2. The number of para-hydroxylation sites is 1. The first kappa shape index (κ1) is 18.3. The molecular weight excluding hydrogens is 342 g/mol. The van der Waals surface area contributed by atoms with Gasteiger partial charge in [-0.2, -0.15) is 0 Å². The van der Waals surface area contributed by atoms with Gasteiger partial charge in [-0.3, -0.25) is 4.79 Å². The molecule has 2 aromatic carbocycles. The monoisotopic (exact) mass is 363 g/mol. The molecule has 1 amide bonds. The summed E-state index contributed by atoms with van der Waals surface area (Å²) in [5.41, 5.74) is 2.97. The van der Waals surface area contributed by atoms with Gasteiger partial charge < -0.3 is 20.1 Å². The van der Waals surface area contributed by atoms with Crippen LogP contribution in [0.15, 0.2) is 60.8 Å². The van der Waals surface area contributed by atoms with E-state index in [-0.39, 0.29) is 5.91 Å². The summed E-state index contributed by atoms with van der Waals surface area (Å²) in [5, 5.41) is 6.09. The summed E-state index contributed by atoms with van der Waals surface area (Å²) >= 11 is 0. The van der Waals surface area contributed by atoms with E-state index in [1.54, 1.807) is 44.7 Å². The Kier molecular flexibility index (Phi) is 5.56. The number of hydrogen-bond donors (Lipinski definition) is 2. The summed E-state index contributed by atoms with van der Waals surface area (Å²) in [6.45, 7) is 1.95. The van der Waals surface area contributed by atoms with Gasteiger partial charge in [0, 0.05) is 23.5 Å². The Hall–Kier alpha value is -3.54. The molecule has 3 rings (SSSR count). The van der Waals surface area contributed by atoms with Gasteiger partial charge in [0.25, 0.3) is 5.91 Å². The smallest absolute Gasteiger partial charge is 0.255 e. The molecule has 0 fully saturated rings. The molecule has 0 aliphatic heterocycles. The van der Waals surface area contributed by atoms with Crippen molar-refractivity contribution in [2.24, 2.45) is 0 Å². The lowest BCUT2D eigenvalue weighted by Gasteiger charge is -2.13. The zero-order valence-electron chi connectivity index (χ0n) is 15.4.